The maximum Gasteiger partial charge on any atom is 0.286 e. The largest absolute Gasteiger partial charge is 0.357 e. The van der Waals surface area contributed by atoms with Crippen molar-refractivity contribution in [2.75, 3.05) is 0 Å². The Hall–Kier alpha value is -2.63. The van der Waals surface area contributed by atoms with Crippen molar-refractivity contribution in [1.29, 1.82) is 0 Å². The Kier molecular flexibility index (Phi) is 3.66. The quantitative estimate of drug-likeness (QED) is 0.759. The van der Waals surface area contributed by atoms with Crippen LogP contribution in [0.25, 0.3) is 0 Å². The number of rotatable bonds is 3. The third-order valence-corrected chi connectivity index (χ3v) is 4.17. The van der Waals surface area contributed by atoms with Crippen molar-refractivity contribution in [3.05, 3.63) is 59.7 Å². The molecule has 3 rings (SSSR count). The molecule has 0 radical (unpaired) electrons. The summed E-state index contributed by atoms with van der Waals surface area (Å²) >= 11 is 0. The Morgan fingerprint density at radius 1 is 1.09 bits per heavy atom. The van der Waals surface area contributed by atoms with Crippen LogP contribution in [0.4, 0.5) is 4.39 Å². The molecule has 0 unspecified atom stereocenters. The number of carbonyl (C=O) groups is 2. The molecule has 2 aromatic rings. The van der Waals surface area contributed by atoms with Gasteiger partial charge >= 0.3 is 0 Å². The second-order valence-corrected chi connectivity index (χ2v) is 5.43. The number of amides is 2. The van der Waals surface area contributed by atoms with Gasteiger partial charge in [-0.3, -0.25) is 20.4 Å². The summed E-state index contributed by atoms with van der Waals surface area (Å²) < 4.78 is 13.0. The number of hydrogen-bond donors (Lipinski definition) is 3. The summed E-state index contributed by atoms with van der Waals surface area (Å²) in [4.78, 5) is 27.1. The predicted octanol–water partition coefficient (Wildman–Crippen LogP) is 2.04. The van der Waals surface area contributed by atoms with E-state index >= 15 is 0 Å². The van der Waals surface area contributed by atoms with Crippen LogP contribution in [0.5, 0.6) is 0 Å². The lowest BCUT2D eigenvalue weighted by atomic mass is 9.64. The molecule has 6 heteroatoms. The number of carbonyl (C=O) groups excluding carboxylic acids is 2. The molecule has 1 aliphatic carbocycles. The predicted molar refractivity (Wildman–Crippen MR) is 78.3 cm³/mol. The first-order chi connectivity index (χ1) is 10.6. The number of H-pyrrole nitrogens is 1. The molecule has 0 spiro atoms. The monoisotopic (exact) mass is 301 g/mol. The molecule has 1 aromatic heterocycles. The molecule has 3 N–H and O–H groups in total. The Bertz CT molecular complexity index is 676. The van der Waals surface area contributed by atoms with E-state index in [2.05, 4.69) is 15.8 Å². The maximum absolute atomic E-state index is 13.0. The van der Waals surface area contributed by atoms with Crippen molar-refractivity contribution in [3.8, 4) is 0 Å². The van der Waals surface area contributed by atoms with E-state index in [1.54, 1.807) is 30.5 Å². The van der Waals surface area contributed by atoms with Gasteiger partial charge in [-0.15, -0.1) is 0 Å². The summed E-state index contributed by atoms with van der Waals surface area (Å²) in [6.07, 6.45) is 3.92. The van der Waals surface area contributed by atoms with Crippen LogP contribution in [-0.4, -0.2) is 16.8 Å². The zero-order chi connectivity index (χ0) is 15.6. The van der Waals surface area contributed by atoms with Crippen LogP contribution >= 0.6 is 0 Å². The first-order valence-electron chi connectivity index (χ1n) is 7.12. The summed E-state index contributed by atoms with van der Waals surface area (Å²) in [5.41, 5.74) is 5.32. The van der Waals surface area contributed by atoms with Crippen LogP contribution in [0.3, 0.4) is 0 Å². The number of aromatic nitrogens is 1. The van der Waals surface area contributed by atoms with E-state index < -0.39 is 11.3 Å². The zero-order valence-corrected chi connectivity index (χ0v) is 11.9. The van der Waals surface area contributed by atoms with Gasteiger partial charge in [0.2, 0.25) is 5.91 Å². The molecule has 2 amide bonds. The molecule has 5 nitrogen and oxygen atoms in total. The lowest BCUT2D eigenvalue weighted by Crippen LogP contribution is -2.54. The van der Waals surface area contributed by atoms with Crippen molar-refractivity contribution in [1.82, 2.24) is 15.8 Å². The fraction of sp³-hybridized carbons (Fsp3) is 0.250. The van der Waals surface area contributed by atoms with Crippen molar-refractivity contribution >= 4 is 11.8 Å². The van der Waals surface area contributed by atoms with Crippen LogP contribution in [0, 0.1) is 5.82 Å². The molecule has 1 aliphatic rings. The topological polar surface area (TPSA) is 74.0 Å². The lowest BCUT2D eigenvalue weighted by molar-refractivity contribution is -0.130. The molecule has 0 saturated heterocycles. The SMILES string of the molecule is O=C(NNC(=O)C1(c2ccc(F)cc2)CCC1)c1ccc[nH]1. The van der Waals surface area contributed by atoms with Gasteiger partial charge in [-0.2, -0.15) is 0 Å². The van der Waals surface area contributed by atoms with Gasteiger partial charge in [-0.25, -0.2) is 4.39 Å². The van der Waals surface area contributed by atoms with Crippen LogP contribution < -0.4 is 10.9 Å². The first kappa shape index (κ1) is 14.3. The van der Waals surface area contributed by atoms with Crippen LogP contribution in [0.15, 0.2) is 42.6 Å². The third kappa shape index (κ3) is 2.47. The van der Waals surface area contributed by atoms with Gasteiger partial charge in [-0.1, -0.05) is 18.6 Å². The van der Waals surface area contributed by atoms with Crippen molar-refractivity contribution in [2.45, 2.75) is 24.7 Å². The fourth-order valence-corrected chi connectivity index (χ4v) is 2.72. The highest BCUT2D eigenvalue weighted by molar-refractivity contribution is 5.96. The highest BCUT2D eigenvalue weighted by atomic mass is 19.1. The average molecular weight is 301 g/mol. The molecule has 1 heterocycles. The van der Waals surface area contributed by atoms with Gasteiger partial charge in [-0.05, 0) is 42.7 Å². The second-order valence-electron chi connectivity index (χ2n) is 5.43. The Morgan fingerprint density at radius 2 is 1.82 bits per heavy atom. The van der Waals surface area contributed by atoms with Gasteiger partial charge in [0.05, 0.1) is 5.41 Å². The molecular formula is C16H16FN3O2. The molecule has 1 aromatic carbocycles. The minimum Gasteiger partial charge on any atom is -0.357 e. The van der Waals surface area contributed by atoms with Gasteiger partial charge < -0.3 is 4.98 Å². The number of nitrogens with one attached hydrogen (secondary N) is 3. The minimum absolute atomic E-state index is 0.273. The number of halogens is 1. The minimum atomic E-state index is -0.684. The Morgan fingerprint density at radius 3 is 2.36 bits per heavy atom. The average Bonchev–Trinajstić information content (AvgIpc) is 3.00. The highest BCUT2D eigenvalue weighted by Gasteiger charge is 2.45. The first-order valence-corrected chi connectivity index (χ1v) is 7.12. The highest BCUT2D eigenvalue weighted by Crippen LogP contribution is 2.43. The molecule has 0 aliphatic heterocycles. The summed E-state index contributed by atoms with van der Waals surface area (Å²) in [6, 6.07) is 9.26. The van der Waals surface area contributed by atoms with Gasteiger partial charge in [0.15, 0.2) is 0 Å². The number of benzene rings is 1. The van der Waals surface area contributed by atoms with E-state index in [1.807, 2.05) is 0 Å². The number of aromatic amines is 1. The maximum atomic E-state index is 13.0. The Balaban J connectivity index is 1.69. The summed E-state index contributed by atoms with van der Waals surface area (Å²) in [5.74, 6) is -1.02. The third-order valence-electron chi connectivity index (χ3n) is 4.17. The van der Waals surface area contributed by atoms with Crippen molar-refractivity contribution in [3.63, 3.8) is 0 Å². The van der Waals surface area contributed by atoms with Gasteiger partial charge in [0.1, 0.15) is 11.5 Å². The van der Waals surface area contributed by atoms with E-state index in [-0.39, 0.29) is 11.7 Å². The molecular weight excluding hydrogens is 285 g/mol. The van der Waals surface area contributed by atoms with E-state index in [0.29, 0.717) is 18.5 Å². The van der Waals surface area contributed by atoms with Crippen LogP contribution in [0.2, 0.25) is 0 Å². The van der Waals surface area contributed by atoms with E-state index in [1.165, 1.54) is 12.1 Å². The van der Waals surface area contributed by atoms with Crippen LogP contribution in [0.1, 0.15) is 35.3 Å². The van der Waals surface area contributed by atoms with Gasteiger partial charge in [0, 0.05) is 6.20 Å². The molecule has 114 valence electrons. The summed E-state index contributed by atoms with van der Waals surface area (Å²) in [6.45, 7) is 0. The summed E-state index contributed by atoms with van der Waals surface area (Å²) in [7, 11) is 0. The fourth-order valence-electron chi connectivity index (χ4n) is 2.72. The molecule has 1 fully saturated rings. The second kappa shape index (κ2) is 5.63. The standard InChI is InChI=1S/C16H16FN3O2/c17-12-6-4-11(5-7-12)16(8-2-9-16)15(22)20-19-14(21)13-3-1-10-18-13/h1,3-7,10,18H,2,8-9H2,(H,19,21)(H,20,22). The number of hydrazine groups is 1. The zero-order valence-electron chi connectivity index (χ0n) is 11.9. The van der Waals surface area contributed by atoms with E-state index in [4.69, 9.17) is 0 Å². The molecule has 0 bridgehead atoms. The molecule has 22 heavy (non-hydrogen) atoms. The van der Waals surface area contributed by atoms with Gasteiger partial charge in [0.25, 0.3) is 5.91 Å². The van der Waals surface area contributed by atoms with E-state index in [9.17, 15) is 14.0 Å². The van der Waals surface area contributed by atoms with Crippen LogP contribution in [-0.2, 0) is 10.2 Å². The smallest absolute Gasteiger partial charge is 0.286 e. The summed E-state index contributed by atoms with van der Waals surface area (Å²) in [5, 5.41) is 0. The number of hydrogen-bond acceptors (Lipinski definition) is 2. The lowest BCUT2D eigenvalue weighted by Gasteiger charge is -2.40. The van der Waals surface area contributed by atoms with Crippen molar-refractivity contribution in [2.24, 2.45) is 0 Å². The molecule has 0 atom stereocenters. The normalized spacial score (nSPS) is 15.7. The Labute approximate surface area is 126 Å². The van der Waals surface area contributed by atoms with Crippen molar-refractivity contribution < 1.29 is 14.0 Å². The molecule has 1 saturated carbocycles. The van der Waals surface area contributed by atoms with E-state index in [0.717, 1.165) is 12.0 Å².